The van der Waals surface area contributed by atoms with Crippen molar-refractivity contribution in [3.05, 3.63) is 151 Å². The minimum atomic E-state index is -0.547. The molecule has 0 heterocycles. The Morgan fingerprint density at radius 3 is 1.19 bits per heavy atom. The van der Waals surface area contributed by atoms with E-state index in [4.69, 9.17) is 0 Å². The van der Waals surface area contributed by atoms with Crippen molar-refractivity contribution in [1.29, 1.82) is 0 Å². The van der Waals surface area contributed by atoms with Crippen molar-refractivity contribution in [2.45, 2.75) is 25.2 Å². The zero-order valence-electron chi connectivity index (χ0n) is 21.4. The number of hydrogen-bond acceptors (Lipinski definition) is 0. The summed E-state index contributed by atoms with van der Waals surface area (Å²) in [5, 5.41) is 7.00. The number of hydrogen-bond donors (Lipinski definition) is 0. The maximum Gasteiger partial charge on any atom is 0.00999 e. The van der Waals surface area contributed by atoms with Gasteiger partial charge in [0.25, 0.3) is 0 Å². The van der Waals surface area contributed by atoms with Crippen molar-refractivity contribution in [2.75, 3.05) is 0 Å². The lowest BCUT2D eigenvalue weighted by Crippen LogP contribution is -2.19. The van der Waals surface area contributed by atoms with Gasteiger partial charge >= 0.3 is 0 Å². The molecule has 3 unspecified atom stereocenters. The van der Waals surface area contributed by atoms with Gasteiger partial charge in [-0.15, -0.1) is 9.24 Å². The van der Waals surface area contributed by atoms with Crippen LogP contribution in [0.2, 0.25) is 0 Å². The van der Waals surface area contributed by atoms with Crippen LogP contribution in [0.1, 0.15) is 36.3 Å². The first kappa shape index (κ1) is 26.0. The molecule has 3 heteroatoms. The third kappa shape index (κ3) is 5.95. The summed E-state index contributed by atoms with van der Waals surface area (Å²) in [6, 6.07) is 51.4. The lowest BCUT2D eigenvalue weighted by molar-refractivity contribution is 1.05. The largest absolute Gasteiger partial charge is 0.105 e. The molecule has 0 N–H and O–H groups in total. The molecule has 0 aliphatic heterocycles. The first-order valence-electron chi connectivity index (χ1n) is 12.8. The molecule has 3 atom stereocenters. The summed E-state index contributed by atoms with van der Waals surface area (Å²) in [6.45, 7) is 4.83. The average Bonchev–Trinajstić information content (AvgIpc) is 2.96. The van der Waals surface area contributed by atoms with Crippen molar-refractivity contribution >= 4 is 51.6 Å². The molecule has 37 heavy (non-hydrogen) atoms. The van der Waals surface area contributed by atoms with Crippen LogP contribution in [0.15, 0.2) is 140 Å². The van der Waals surface area contributed by atoms with E-state index in [0.717, 1.165) is 0 Å². The molecular formula is C34H33P3. The molecular weight excluding hydrogens is 501 g/mol. The lowest BCUT2D eigenvalue weighted by atomic mass is 10.1. The molecule has 184 valence electrons. The van der Waals surface area contributed by atoms with Gasteiger partial charge in [-0.3, -0.25) is 0 Å². The van der Waals surface area contributed by atoms with E-state index in [2.05, 4.69) is 163 Å². The highest BCUT2D eigenvalue weighted by Crippen LogP contribution is 2.52. The Morgan fingerprint density at radius 2 is 0.811 bits per heavy atom. The minimum Gasteiger partial charge on any atom is -0.105 e. The fourth-order valence-corrected chi connectivity index (χ4v) is 10.9. The predicted molar refractivity (Wildman–Crippen MR) is 171 cm³/mol. The number of benzene rings is 5. The molecule has 0 spiro atoms. The van der Waals surface area contributed by atoms with E-state index in [1.807, 2.05) is 0 Å². The molecule has 0 amide bonds. The summed E-state index contributed by atoms with van der Waals surface area (Å²) in [5.41, 5.74) is 3.64. The van der Waals surface area contributed by atoms with Crippen molar-refractivity contribution < 1.29 is 0 Å². The smallest absolute Gasteiger partial charge is 0.00999 e. The van der Waals surface area contributed by atoms with Crippen molar-refractivity contribution in [2.24, 2.45) is 0 Å². The average molecular weight is 535 g/mol. The molecule has 0 bridgehead atoms. The van der Waals surface area contributed by atoms with Gasteiger partial charge in [-0.05, 0) is 53.5 Å². The van der Waals surface area contributed by atoms with Gasteiger partial charge in [0, 0.05) is 11.3 Å². The normalized spacial score (nSPS) is 13.0. The van der Waals surface area contributed by atoms with Crippen LogP contribution < -0.4 is 26.5 Å². The molecule has 0 aliphatic rings. The minimum absolute atomic E-state index is 0.388. The number of rotatable bonds is 8. The third-order valence-corrected chi connectivity index (χ3v) is 13.0. The Bertz CT molecular complexity index is 1320. The predicted octanol–water partition coefficient (Wildman–Crippen LogP) is 7.57. The summed E-state index contributed by atoms with van der Waals surface area (Å²) in [6.07, 6.45) is 0. The quantitative estimate of drug-likeness (QED) is 0.180. The third-order valence-electron chi connectivity index (χ3n) is 6.96. The Morgan fingerprint density at radius 1 is 0.459 bits per heavy atom. The second-order valence-corrected chi connectivity index (χ2v) is 15.0. The summed E-state index contributed by atoms with van der Waals surface area (Å²) >= 11 is 0. The Balaban J connectivity index is 1.56. The Kier molecular flexibility index (Phi) is 8.64. The summed E-state index contributed by atoms with van der Waals surface area (Å²) in [4.78, 5) is 0. The van der Waals surface area contributed by atoms with E-state index in [9.17, 15) is 0 Å². The van der Waals surface area contributed by atoms with Gasteiger partial charge in [0.05, 0.1) is 0 Å². The van der Waals surface area contributed by atoms with Crippen LogP contribution in [0.4, 0.5) is 0 Å². The van der Waals surface area contributed by atoms with Crippen molar-refractivity contribution in [3.8, 4) is 0 Å². The Labute approximate surface area is 226 Å². The van der Waals surface area contributed by atoms with Crippen molar-refractivity contribution in [1.82, 2.24) is 0 Å². The molecule has 0 fully saturated rings. The van der Waals surface area contributed by atoms with Gasteiger partial charge in [-0.1, -0.05) is 153 Å². The van der Waals surface area contributed by atoms with Gasteiger partial charge in [0.15, 0.2) is 0 Å². The van der Waals surface area contributed by atoms with E-state index in [1.54, 1.807) is 0 Å². The van der Waals surface area contributed by atoms with Crippen molar-refractivity contribution in [3.63, 3.8) is 0 Å². The second-order valence-electron chi connectivity index (χ2n) is 9.32. The zero-order chi connectivity index (χ0) is 25.6. The van der Waals surface area contributed by atoms with E-state index >= 15 is 0 Å². The Hall–Kier alpha value is -2.61. The van der Waals surface area contributed by atoms with Gasteiger partial charge in [0.2, 0.25) is 0 Å². The molecule has 0 aliphatic carbocycles. The van der Waals surface area contributed by atoms with E-state index < -0.39 is 15.8 Å². The van der Waals surface area contributed by atoms with E-state index in [1.165, 1.54) is 37.6 Å². The maximum absolute atomic E-state index is 3.02. The molecule has 0 saturated heterocycles. The van der Waals surface area contributed by atoms with Crippen LogP contribution in [0.25, 0.3) is 0 Å². The van der Waals surface area contributed by atoms with Gasteiger partial charge in [-0.25, -0.2) is 0 Å². The second kappa shape index (κ2) is 12.3. The first-order valence-corrected chi connectivity index (χ1v) is 16.2. The fraction of sp³-hybridized carbons (Fsp3) is 0.118. The lowest BCUT2D eigenvalue weighted by Gasteiger charge is -2.30. The molecule has 5 rings (SSSR count). The fourth-order valence-electron chi connectivity index (χ4n) is 5.05. The molecule has 0 saturated carbocycles. The van der Waals surface area contributed by atoms with E-state index in [0.29, 0.717) is 11.3 Å². The molecule has 5 aromatic carbocycles. The standard InChI is InChI=1S/C34H33P3/c1-26(36(29-15-7-3-8-16-29)30-17-9-4-10-18-30)28-23-24-34(35)33(25-28)27(2)37(31-19-11-5-12-20-31)32-21-13-6-14-22-32/h3-27H,35H2,1-2H3. The molecule has 0 aromatic heterocycles. The van der Waals surface area contributed by atoms with Crippen LogP contribution in [0, 0.1) is 0 Å². The van der Waals surface area contributed by atoms with Crippen LogP contribution in [-0.4, -0.2) is 0 Å². The highest BCUT2D eigenvalue weighted by Gasteiger charge is 2.27. The van der Waals surface area contributed by atoms with Gasteiger partial charge in [0.1, 0.15) is 0 Å². The monoisotopic (exact) mass is 534 g/mol. The zero-order valence-corrected chi connectivity index (χ0v) is 24.3. The molecule has 0 nitrogen and oxygen atoms in total. The topological polar surface area (TPSA) is 0 Å². The van der Waals surface area contributed by atoms with E-state index in [-0.39, 0.29) is 0 Å². The summed E-state index contributed by atoms with van der Waals surface area (Å²) in [7, 11) is 1.93. The van der Waals surface area contributed by atoms with Gasteiger partial charge < -0.3 is 0 Å². The highest BCUT2D eigenvalue weighted by atomic mass is 31.1. The van der Waals surface area contributed by atoms with Crippen LogP contribution in [-0.2, 0) is 0 Å². The molecule has 5 aromatic rings. The SMILES string of the molecule is CC(c1ccc(P)c(C(C)P(c2ccccc2)c2ccccc2)c1)P(c1ccccc1)c1ccccc1. The molecule has 0 radical (unpaired) electrons. The van der Waals surface area contributed by atoms with Gasteiger partial charge in [-0.2, -0.15) is 0 Å². The van der Waals surface area contributed by atoms with Crippen LogP contribution in [0.5, 0.6) is 0 Å². The van der Waals surface area contributed by atoms with Crippen LogP contribution in [0.3, 0.4) is 0 Å². The summed E-state index contributed by atoms with van der Waals surface area (Å²) in [5.74, 6) is 0. The summed E-state index contributed by atoms with van der Waals surface area (Å²) < 4.78 is 0. The first-order chi connectivity index (χ1) is 18.1. The maximum atomic E-state index is 3.02. The highest BCUT2D eigenvalue weighted by molar-refractivity contribution is 7.73. The van der Waals surface area contributed by atoms with Crippen LogP contribution >= 0.6 is 25.1 Å².